The highest BCUT2D eigenvalue weighted by Crippen LogP contribution is 2.39. The molecule has 122 valence electrons. The van der Waals surface area contributed by atoms with E-state index in [-0.39, 0.29) is 11.0 Å². The number of hydrogen-bond acceptors (Lipinski definition) is 2. The van der Waals surface area contributed by atoms with E-state index in [1.165, 1.54) is 5.56 Å². The van der Waals surface area contributed by atoms with Gasteiger partial charge in [0.25, 0.3) is 0 Å². The van der Waals surface area contributed by atoms with Crippen molar-refractivity contribution in [2.45, 2.75) is 70.5 Å². The van der Waals surface area contributed by atoms with Crippen LogP contribution in [0.1, 0.15) is 57.9 Å². The van der Waals surface area contributed by atoms with Crippen LogP contribution in [0.5, 0.6) is 5.75 Å². The number of aldehydes is 1. The summed E-state index contributed by atoms with van der Waals surface area (Å²) in [5, 5.41) is 0.221. The summed E-state index contributed by atoms with van der Waals surface area (Å²) in [6, 6.07) is 8.69. The third-order valence-electron chi connectivity index (χ3n) is 5.49. The van der Waals surface area contributed by atoms with Crippen molar-refractivity contribution in [3.05, 3.63) is 29.8 Å². The maximum Gasteiger partial charge on any atom is 0.250 e. The minimum absolute atomic E-state index is 0.221. The second kappa shape index (κ2) is 6.57. The first-order valence-corrected chi connectivity index (χ1v) is 11.4. The Kier molecular flexibility index (Phi) is 5.16. The molecule has 0 radical (unpaired) electrons. The Hall–Kier alpha value is -1.09. The highest BCUT2D eigenvalue weighted by Gasteiger charge is 2.38. The molecule has 1 saturated carbocycles. The summed E-state index contributed by atoms with van der Waals surface area (Å²) in [6.45, 7) is 11.3. The average molecular weight is 319 g/mol. The van der Waals surface area contributed by atoms with Crippen LogP contribution < -0.4 is 4.43 Å². The van der Waals surface area contributed by atoms with Crippen LogP contribution in [0.4, 0.5) is 0 Å². The zero-order valence-electron chi connectivity index (χ0n) is 14.7. The molecule has 1 aliphatic carbocycles. The van der Waals surface area contributed by atoms with Gasteiger partial charge in [-0.3, -0.25) is 0 Å². The number of carbonyl (C=O) groups excluding carboxylic acids is 1. The van der Waals surface area contributed by atoms with Crippen LogP contribution in [0, 0.1) is 5.92 Å². The third-order valence-corrected chi connectivity index (χ3v) is 9.85. The summed E-state index contributed by atoms with van der Waals surface area (Å²) in [6.07, 6.45) is 5.47. The molecule has 0 atom stereocenters. The summed E-state index contributed by atoms with van der Waals surface area (Å²) >= 11 is 0. The predicted molar refractivity (Wildman–Crippen MR) is 95.0 cm³/mol. The molecule has 2 rings (SSSR count). The SMILES string of the molecule is CC(C)(C)[Si](C)(C)Oc1ccc(C2CCC(C=O)CC2)cc1. The fourth-order valence-corrected chi connectivity index (χ4v) is 3.88. The fourth-order valence-electron chi connectivity index (χ4n) is 2.84. The van der Waals surface area contributed by atoms with Crippen LogP contribution in [0.2, 0.25) is 18.1 Å². The Bertz CT molecular complexity index is 491. The van der Waals surface area contributed by atoms with E-state index in [4.69, 9.17) is 4.43 Å². The molecule has 0 bridgehead atoms. The molecule has 0 heterocycles. The summed E-state index contributed by atoms with van der Waals surface area (Å²) in [7, 11) is -1.76. The second-order valence-electron chi connectivity index (χ2n) is 8.18. The van der Waals surface area contributed by atoms with Gasteiger partial charge in [-0.05, 0) is 67.4 Å². The van der Waals surface area contributed by atoms with Crippen LogP contribution in [0.25, 0.3) is 0 Å². The zero-order valence-corrected chi connectivity index (χ0v) is 15.7. The number of benzene rings is 1. The largest absolute Gasteiger partial charge is 0.544 e. The van der Waals surface area contributed by atoms with E-state index < -0.39 is 8.32 Å². The van der Waals surface area contributed by atoms with Crippen LogP contribution in [-0.4, -0.2) is 14.6 Å². The molecule has 1 aromatic carbocycles. The smallest absolute Gasteiger partial charge is 0.250 e. The van der Waals surface area contributed by atoms with Crippen LogP contribution >= 0.6 is 0 Å². The first-order valence-electron chi connectivity index (χ1n) is 8.47. The van der Waals surface area contributed by atoms with Crippen molar-refractivity contribution in [2.24, 2.45) is 5.92 Å². The molecule has 0 unspecified atom stereocenters. The first kappa shape index (κ1) is 17.3. The predicted octanol–water partition coefficient (Wildman–Crippen LogP) is 5.54. The van der Waals surface area contributed by atoms with Crippen molar-refractivity contribution in [3.8, 4) is 5.75 Å². The van der Waals surface area contributed by atoms with Gasteiger partial charge in [0.05, 0.1) is 0 Å². The van der Waals surface area contributed by atoms with Crippen molar-refractivity contribution in [2.75, 3.05) is 0 Å². The van der Waals surface area contributed by atoms with Crippen molar-refractivity contribution in [1.82, 2.24) is 0 Å². The molecule has 0 aliphatic heterocycles. The van der Waals surface area contributed by atoms with Crippen LogP contribution in [-0.2, 0) is 4.79 Å². The lowest BCUT2D eigenvalue weighted by Crippen LogP contribution is -2.43. The van der Waals surface area contributed by atoms with E-state index in [9.17, 15) is 4.79 Å². The van der Waals surface area contributed by atoms with Crippen LogP contribution in [0.15, 0.2) is 24.3 Å². The molecule has 0 amide bonds. The first-order chi connectivity index (χ1) is 10.2. The lowest BCUT2D eigenvalue weighted by molar-refractivity contribution is -0.111. The Morgan fingerprint density at radius 3 is 2.05 bits per heavy atom. The molecule has 1 aromatic rings. The van der Waals surface area contributed by atoms with Crippen molar-refractivity contribution >= 4 is 14.6 Å². The van der Waals surface area contributed by atoms with Gasteiger partial charge in [-0.25, -0.2) is 0 Å². The van der Waals surface area contributed by atoms with Gasteiger partial charge in [0, 0.05) is 5.92 Å². The lowest BCUT2D eigenvalue weighted by atomic mass is 9.79. The summed E-state index contributed by atoms with van der Waals surface area (Å²) < 4.78 is 6.34. The van der Waals surface area contributed by atoms with Gasteiger partial charge < -0.3 is 9.22 Å². The monoisotopic (exact) mass is 318 g/mol. The number of carbonyl (C=O) groups is 1. The molecule has 0 N–H and O–H groups in total. The topological polar surface area (TPSA) is 26.3 Å². The van der Waals surface area contributed by atoms with Gasteiger partial charge in [-0.1, -0.05) is 32.9 Å². The Morgan fingerprint density at radius 1 is 1.05 bits per heavy atom. The molecule has 3 heteroatoms. The minimum Gasteiger partial charge on any atom is -0.544 e. The minimum atomic E-state index is -1.76. The molecule has 22 heavy (non-hydrogen) atoms. The molecule has 0 aromatic heterocycles. The number of hydrogen-bond donors (Lipinski definition) is 0. The number of rotatable bonds is 4. The Morgan fingerprint density at radius 2 is 1.59 bits per heavy atom. The quantitative estimate of drug-likeness (QED) is 0.538. The van der Waals surface area contributed by atoms with Gasteiger partial charge in [-0.15, -0.1) is 0 Å². The molecule has 0 saturated heterocycles. The third kappa shape index (κ3) is 4.01. The van der Waals surface area contributed by atoms with E-state index in [0.29, 0.717) is 5.92 Å². The molecule has 0 spiro atoms. The second-order valence-corrected chi connectivity index (χ2v) is 12.9. The standard InChI is InChI=1S/C19H30O2Si/c1-19(2,3)22(4,5)21-18-12-10-17(11-13-18)16-8-6-15(14-20)7-9-16/h10-16H,6-9H2,1-5H3. The van der Waals surface area contributed by atoms with Gasteiger partial charge in [-0.2, -0.15) is 0 Å². The Labute approximate surface area is 136 Å². The van der Waals surface area contributed by atoms with Gasteiger partial charge in [0.1, 0.15) is 12.0 Å². The zero-order chi connectivity index (χ0) is 16.4. The molecular formula is C19H30O2Si. The van der Waals surface area contributed by atoms with E-state index in [0.717, 1.165) is 37.7 Å². The lowest BCUT2D eigenvalue weighted by Gasteiger charge is -2.36. The average Bonchev–Trinajstić information content (AvgIpc) is 2.47. The normalized spacial score (nSPS) is 23.1. The van der Waals surface area contributed by atoms with E-state index in [2.05, 4.69) is 58.1 Å². The molecular weight excluding hydrogens is 288 g/mol. The summed E-state index contributed by atoms with van der Waals surface area (Å²) in [4.78, 5) is 10.8. The van der Waals surface area contributed by atoms with E-state index >= 15 is 0 Å². The van der Waals surface area contributed by atoms with E-state index in [1.54, 1.807) is 0 Å². The van der Waals surface area contributed by atoms with Crippen molar-refractivity contribution in [1.29, 1.82) is 0 Å². The highest BCUT2D eigenvalue weighted by molar-refractivity contribution is 6.74. The summed E-state index contributed by atoms with van der Waals surface area (Å²) in [5.41, 5.74) is 1.40. The maximum absolute atomic E-state index is 10.8. The molecule has 1 fully saturated rings. The van der Waals surface area contributed by atoms with Crippen LogP contribution in [0.3, 0.4) is 0 Å². The summed E-state index contributed by atoms with van der Waals surface area (Å²) in [5.74, 6) is 1.90. The van der Waals surface area contributed by atoms with Gasteiger partial charge in [0.15, 0.2) is 0 Å². The molecule has 2 nitrogen and oxygen atoms in total. The highest BCUT2D eigenvalue weighted by atomic mass is 28.4. The maximum atomic E-state index is 10.8. The van der Waals surface area contributed by atoms with E-state index in [1.807, 2.05) is 0 Å². The Balaban J connectivity index is 2.01. The van der Waals surface area contributed by atoms with Gasteiger partial charge in [0.2, 0.25) is 8.32 Å². The van der Waals surface area contributed by atoms with Crippen molar-refractivity contribution in [3.63, 3.8) is 0 Å². The fraction of sp³-hybridized carbons (Fsp3) is 0.632. The van der Waals surface area contributed by atoms with Gasteiger partial charge >= 0.3 is 0 Å². The van der Waals surface area contributed by atoms with Crippen molar-refractivity contribution < 1.29 is 9.22 Å². The molecule has 1 aliphatic rings.